The van der Waals surface area contributed by atoms with Gasteiger partial charge in [0.2, 0.25) is 5.90 Å². The second kappa shape index (κ2) is 5.86. The third-order valence-corrected chi connectivity index (χ3v) is 1.49. The van der Waals surface area contributed by atoms with Crippen LogP contribution >= 0.6 is 0 Å². The van der Waals surface area contributed by atoms with E-state index in [1.54, 1.807) is 0 Å². The van der Waals surface area contributed by atoms with Crippen molar-refractivity contribution in [3.63, 3.8) is 0 Å². The van der Waals surface area contributed by atoms with E-state index in [1.165, 1.54) is 0 Å². The molecule has 3 heteroatoms. The maximum atomic E-state index is 5.41. The third kappa shape index (κ3) is 3.11. The van der Waals surface area contributed by atoms with Crippen LogP contribution in [-0.4, -0.2) is 12.1 Å². The number of ether oxygens (including phenoxy) is 1. The molecular weight excluding hydrogens is 152 g/mol. The topological polar surface area (TPSA) is 33.6 Å². The molecule has 0 aromatic carbocycles. The molecule has 0 aromatic rings. The van der Waals surface area contributed by atoms with Gasteiger partial charge >= 0.3 is 0 Å². The van der Waals surface area contributed by atoms with Crippen molar-refractivity contribution >= 4 is 5.90 Å². The van der Waals surface area contributed by atoms with Crippen LogP contribution in [0.4, 0.5) is 0 Å². The summed E-state index contributed by atoms with van der Waals surface area (Å²) in [6.07, 6.45) is 0.964. The van der Waals surface area contributed by atoms with Crippen LogP contribution in [-0.2, 0) is 4.74 Å². The number of hydrogen-bond donors (Lipinski definition) is 1. The summed E-state index contributed by atoms with van der Waals surface area (Å²) in [4.78, 5) is 0. The molecule has 0 bridgehead atoms. The zero-order valence-electron chi connectivity index (χ0n) is 8.72. The minimum atomic E-state index is 0.0925. The lowest BCUT2D eigenvalue weighted by Crippen LogP contribution is -2.27. The largest absolute Gasteiger partial charge is 0.454 e. The van der Waals surface area contributed by atoms with Crippen LogP contribution in [0.3, 0.4) is 0 Å². The number of hydrazone groups is 1. The van der Waals surface area contributed by atoms with E-state index in [9.17, 15) is 0 Å². The molecule has 0 radical (unpaired) electrons. The van der Waals surface area contributed by atoms with Crippen molar-refractivity contribution in [2.45, 2.75) is 47.3 Å². The highest BCUT2D eigenvalue weighted by Gasteiger charge is 2.20. The summed E-state index contributed by atoms with van der Waals surface area (Å²) < 4.78 is 5.41. The molecule has 1 rings (SSSR count). The predicted molar refractivity (Wildman–Crippen MR) is 51.9 cm³/mol. The summed E-state index contributed by atoms with van der Waals surface area (Å²) >= 11 is 0. The van der Waals surface area contributed by atoms with E-state index in [4.69, 9.17) is 4.74 Å². The van der Waals surface area contributed by atoms with Crippen molar-refractivity contribution in [3.8, 4) is 0 Å². The van der Waals surface area contributed by atoms with Gasteiger partial charge in [-0.1, -0.05) is 34.6 Å². The molecule has 0 saturated carbocycles. The standard InChI is InChI=1S/C7H14N2O.C2H6/c1-4-6-8-9-7(10-6)5(2)3;1-2/h5,7,9H,4H2,1-3H3;1-2H3. The van der Waals surface area contributed by atoms with E-state index < -0.39 is 0 Å². The van der Waals surface area contributed by atoms with Crippen LogP contribution in [0, 0.1) is 5.92 Å². The molecule has 0 saturated heterocycles. The molecule has 0 aromatic heterocycles. The lowest BCUT2D eigenvalue weighted by molar-refractivity contribution is 0.133. The summed E-state index contributed by atoms with van der Waals surface area (Å²) in [7, 11) is 0. The van der Waals surface area contributed by atoms with Crippen LogP contribution in [0.1, 0.15) is 41.0 Å². The van der Waals surface area contributed by atoms with Crippen molar-refractivity contribution < 1.29 is 4.74 Å². The van der Waals surface area contributed by atoms with Gasteiger partial charge < -0.3 is 4.74 Å². The van der Waals surface area contributed by atoms with Crippen LogP contribution in [0.2, 0.25) is 0 Å². The normalized spacial score (nSPS) is 20.5. The van der Waals surface area contributed by atoms with Gasteiger partial charge in [-0.3, -0.25) is 5.43 Å². The number of nitrogens with zero attached hydrogens (tertiary/aromatic N) is 1. The van der Waals surface area contributed by atoms with Crippen LogP contribution in [0.5, 0.6) is 0 Å². The minimum absolute atomic E-state index is 0.0925. The first-order valence-corrected chi connectivity index (χ1v) is 4.72. The first-order chi connectivity index (χ1) is 5.74. The average Bonchev–Trinajstić information content (AvgIpc) is 2.55. The Morgan fingerprint density at radius 3 is 2.33 bits per heavy atom. The van der Waals surface area contributed by atoms with Gasteiger partial charge in [-0.2, -0.15) is 0 Å². The third-order valence-electron chi connectivity index (χ3n) is 1.49. The number of rotatable bonds is 2. The molecule has 1 atom stereocenters. The zero-order valence-corrected chi connectivity index (χ0v) is 8.72. The highest BCUT2D eigenvalue weighted by atomic mass is 16.5. The van der Waals surface area contributed by atoms with Crippen molar-refractivity contribution in [1.82, 2.24) is 5.43 Å². The van der Waals surface area contributed by atoms with E-state index >= 15 is 0 Å². The summed E-state index contributed by atoms with van der Waals surface area (Å²) in [5.41, 5.74) is 2.92. The maximum absolute atomic E-state index is 5.41. The van der Waals surface area contributed by atoms with E-state index in [0.29, 0.717) is 5.92 Å². The first-order valence-electron chi connectivity index (χ1n) is 4.72. The van der Waals surface area contributed by atoms with Crippen molar-refractivity contribution in [2.24, 2.45) is 11.0 Å². The monoisotopic (exact) mass is 172 g/mol. The molecule has 0 amide bonds. The minimum Gasteiger partial charge on any atom is -0.454 e. The Kier molecular flexibility index (Phi) is 5.51. The molecule has 12 heavy (non-hydrogen) atoms. The molecule has 3 nitrogen and oxygen atoms in total. The predicted octanol–water partition coefficient (Wildman–Crippen LogP) is 2.34. The van der Waals surface area contributed by atoms with Crippen molar-refractivity contribution in [2.75, 3.05) is 0 Å². The summed E-state index contributed by atoms with van der Waals surface area (Å²) in [6.45, 7) is 10.2. The fraction of sp³-hybridized carbons (Fsp3) is 0.889. The van der Waals surface area contributed by atoms with E-state index in [1.807, 2.05) is 20.8 Å². The lowest BCUT2D eigenvalue weighted by atomic mass is 10.2. The quantitative estimate of drug-likeness (QED) is 0.693. The number of hydrogen-bond acceptors (Lipinski definition) is 3. The van der Waals surface area contributed by atoms with Gasteiger partial charge in [-0.05, 0) is 0 Å². The fourth-order valence-electron chi connectivity index (χ4n) is 0.782. The highest BCUT2D eigenvalue weighted by molar-refractivity contribution is 5.76. The zero-order chi connectivity index (χ0) is 9.56. The first kappa shape index (κ1) is 11.3. The van der Waals surface area contributed by atoms with Gasteiger partial charge in [-0.25, -0.2) is 0 Å². The lowest BCUT2D eigenvalue weighted by Gasteiger charge is -2.13. The van der Waals surface area contributed by atoms with Crippen LogP contribution in [0.25, 0.3) is 0 Å². The van der Waals surface area contributed by atoms with Gasteiger partial charge in [0.05, 0.1) is 0 Å². The molecule has 1 N–H and O–H groups in total. The Balaban J connectivity index is 0.000000561. The number of nitrogens with one attached hydrogen (secondary N) is 1. The van der Waals surface area contributed by atoms with Gasteiger partial charge in [0.15, 0.2) is 6.23 Å². The molecule has 72 valence electrons. The van der Waals surface area contributed by atoms with Gasteiger partial charge in [-0.15, -0.1) is 5.10 Å². The van der Waals surface area contributed by atoms with Crippen molar-refractivity contribution in [3.05, 3.63) is 0 Å². The van der Waals surface area contributed by atoms with Gasteiger partial charge in [0.25, 0.3) is 0 Å². The Morgan fingerprint density at radius 1 is 1.50 bits per heavy atom. The fourth-order valence-corrected chi connectivity index (χ4v) is 0.782. The molecule has 0 fully saturated rings. The molecular formula is C9H20N2O. The summed E-state index contributed by atoms with van der Waals surface area (Å²) in [5.74, 6) is 1.30. The molecule has 0 aliphatic carbocycles. The van der Waals surface area contributed by atoms with Gasteiger partial charge in [0, 0.05) is 12.3 Å². The Labute approximate surface area is 75.2 Å². The Hall–Kier alpha value is -0.730. The molecule has 1 unspecified atom stereocenters. The SMILES string of the molecule is CC.CCC1=NNC(C(C)C)O1. The Morgan fingerprint density at radius 2 is 2.08 bits per heavy atom. The molecule has 1 heterocycles. The molecule has 0 spiro atoms. The van der Waals surface area contributed by atoms with Crippen LogP contribution in [0.15, 0.2) is 5.10 Å². The average molecular weight is 172 g/mol. The molecule has 1 aliphatic rings. The Bertz CT molecular complexity index is 143. The second-order valence-electron chi connectivity index (χ2n) is 2.77. The summed E-state index contributed by atoms with van der Waals surface area (Å²) in [5, 5.41) is 4.00. The van der Waals surface area contributed by atoms with Crippen molar-refractivity contribution in [1.29, 1.82) is 0 Å². The van der Waals surface area contributed by atoms with E-state index in [2.05, 4.69) is 24.4 Å². The van der Waals surface area contributed by atoms with Crippen LogP contribution < -0.4 is 5.43 Å². The van der Waals surface area contributed by atoms with Gasteiger partial charge in [0.1, 0.15) is 0 Å². The van der Waals surface area contributed by atoms with E-state index in [0.717, 1.165) is 12.3 Å². The maximum Gasteiger partial charge on any atom is 0.207 e. The summed E-state index contributed by atoms with van der Waals surface area (Å²) in [6, 6.07) is 0. The molecule has 1 aliphatic heterocycles. The van der Waals surface area contributed by atoms with E-state index in [-0.39, 0.29) is 6.23 Å². The highest BCUT2D eigenvalue weighted by Crippen LogP contribution is 2.09. The second-order valence-corrected chi connectivity index (χ2v) is 2.77. The smallest absolute Gasteiger partial charge is 0.207 e.